The lowest BCUT2D eigenvalue weighted by atomic mass is 10.1. The van der Waals surface area contributed by atoms with Gasteiger partial charge in [0.1, 0.15) is 0 Å². The summed E-state index contributed by atoms with van der Waals surface area (Å²) < 4.78 is 0. The minimum Gasteiger partial charge on any atom is -0.314 e. The molecule has 1 aromatic rings. The fraction of sp³-hybridized carbons (Fsp3) is 0.400. The average molecular weight is 225 g/mol. The molecule has 0 fully saturated rings. The maximum atomic E-state index is 11.3. The van der Waals surface area contributed by atoms with E-state index in [4.69, 9.17) is 0 Å². The van der Waals surface area contributed by atoms with Crippen LogP contribution in [0.1, 0.15) is 20.8 Å². The third kappa shape index (κ3) is 4.12. The van der Waals surface area contributed by atoms with Crippen molar-refractivity contribution < 1.29 is 4.79 Å². The van der Waals surface area contributed by atoms with Crippen LogP contribution in [0.4, 0.5) is 9.93 Å². The summed E-state index contributed by atoms with van der Waals surface area (Å²) in [5.41, 5.74) is 1.13. The molecule has 0 aliphatic rings. The van der Waals surface area contributed by atoms with Crippen LogP contribution in [0.15, 0.2) is 23.3 Å². The summed E-state index contributed by atoms with van der Waals surface area (Å²) in [5.74, 6) is 0.435. The maximum absolute atomic E-state index is 11.3. The molecule has 2 N–H and O–H groups in total. The Morgan fingerprint density at radius 3 is 2.87 bits per heavy atom. The second kappa shape index (κ2) is 5.50. The van der Waals surface area contributed by atoms with E-state index >= 15 is 0 Å². The van der Waals surface area contributed by atoms with Crippen molar-refractivity contribution in [3.05, 3.63) is 23.3 Å². The van der Waals surface area contributed by atoms with Crippen LogP contribution in [0.2, 0.25) is 0 Å². The molecule has 15 heavy (non-hydrogen) atoms. The molecule has 4 nitrogen and oxygen atoms in total. The zero-order chi connectivity index (χ0) is 11.3. The number of allylic oxidation sites excluding steroid dienone is 1. The van der Waals surface area contributed by atoms with E-state index in [1.807, 2.05) is 12.3 Å². The molecular weight excluding hydrogens is 210 g/mol. The average Bonchev–Trinajstić information content (AvgIpc) is 2.66. The molecule has 5 heteroatoms. The third-order valence-corrected chi connectivity index (χ3v) is 2.68. The quantitative estimate of drug-likeness (QED) is 0.831. The van der Waals surface area contributed by atoms with Crippen LogP contribution < -0.4 is 10.6 Å². The molecule has 2 amide bonds. The number of hydrogen-bond donors (Lipinski definition) is 2. The molecule has 0 radical (unpaired) electrons. The van der Waals surface area contributed by atoms with Crippen molar-refractivity contribution >= 4 is 22.5 Å². The summed E-state index contributed by atoms with van der Waals surface area (Å²) in [7, 11) is 0. The van der Waals surface area contributed by atoms with E-state index in [1.54, 1.807) is 12.4 Å². The minimum atomic E-state index is -0.259. The largest absolute Gasteiger partial charge is 0.325 e. The number of rotatable bonds is 3. The predicted octanol–water partition coefficient (Wildman–Crippen LogP) is 2.82. The second-order valence-corrected chi connectivity index (χ2v) is 4.37. The molecule has 0 unspecified atom stereocenters. The number of carbonyl (C=O) groups excluding carboxylic acids is 1. The Bertz CT molecular complexity index is 344. The van der Waals surface area contributed by atoms with E-state index in [2.05, 4.69) is 29.5 Å². The lowest BCUT2D eigenvalue weighted by molar-refractivity contribution is 0.255. The Labute approximate surface area is 93.4 Å². The number of thiazole rings is 1. The summed E-state index contributed by atoms with van der Waals surface area (Å²) in [6, 6.07) is -0.259. The van der Waals surface area contributed by atoms with Gasteiger partial charge in [0.05, 0.1) is 0 Å². The molecular formula is C10H15N3OS. The van der Waals surface area contributed by atoms with Gasteiger partial charge < -0.3 is 5.32 Å². The summed E-state index contributed by atoms with van der Waals surface area (Å²) in [6.45, 7) is 6.13. The molecule has 0 saturated carbocycles. The summed E-state index contributed by atoms with van der Waals surface area (Å²) in [4.78, 5) is 15.3. The van der Waals surface area contributed by atoms with Crippen molar-refractivity contribution in [1.29, 1.82) is 0 Å². The van der Waals surface area contributed by atoms with Gasteiger partial charge in [0.2, 0.25) is 0 Å². The predicted molar refractivity (Wildman–Crippen MR) is 62.9 cm³/mol. The van der Waals surface area contributed by atoms with Gasteiger partial charge in [0.25, 0.3) is 0 Å². The molecule has 0 aromatic carbocycles. The number of anilines is 1. The molecule has 0 aliphatic carbocycles. The Balaban J connectivity index is 2.40. The Hall–Kier alpha value is -1.36. The fourth-order valence-electron chi connectivity index (χ4n) is 0.764. The van der Waals surface area contributed by atoms with E-state index in [9.17, 15) is 4.79 Å². The van der Waals surface area contributed by atoms with Gasteiger partial charge in [0, 0.05) is 17.8 Å². The number of urea groups is 1. The van der Waals surface area contributed by atoms with E-state index in [0.717, 1.165) is 5.57 Å². The minimum absolute atomic E-state index is 0.259. The van der Waals surface area contributed by atoms with E-state index < -0.39 is 0 Å². The third-order valence-electron chi connectivity index (χ3n) is 1.99. The lowest BCUT2D eigenvalue weighted by Gasteiger charge is -2.05. The number of carbonyl (C=O) groups is 1. The summed E-state index contributed by atoms with van der Waals surface area (Å²) >= 11 is 1.39. The molecule has 1 rings (SSSR count). The highest BCUT2D eigenvalue weighted by Crippen LogP contribution is 2.10. The first-order valence-corrected chi connectivity index (χ1v) is 5.61. The van der Waals surface area contributed by atoms with Crippen LogP contribution in [-0.4, -0.2) is 11.0 Å². The van der Waals surface area contributed by atoms with Crippen LogP contribution in [0.3, 0.4) is 0 Å². The molecule has 82 valence electrons. The second-order valence-electron chi connectivity index (χ2n) is 3.48. The van der Waals surface area contributed by atoms with E-state index in [0.29, 0.717) is 11.0 Å². The monoisotopic (exact) mass is 225 g/mol. The zero-order valence-electron chi connectivity index (χ0n) is 9.07. The highest BCUT2D eigenvalue weighted by Gasteiger charge is 2.01. The first-order chi connectivity index (χ1) is 7.09. The summed E-state index contributed by atoms with van der Waals surface area (Å²) in [5, 5.41) is 7.70. The molecule has 0 atom stereocenters. The standard InChI is InChI=1S/C10H15N3OS/c1-7(2)8(3)6-12-9(14)13-10-11-4-5-15-10/h4-7H,1-3H3,(H2,11,12,13,14)/b8-6+. The van der Waals surface area contributed by atoms with Gasteiger partial charge in [0.15, 0.2) is 5.13 Å². The van der Waals surface area contributed by atoms with Gasteiger partial charge in [-0.1, -0.05) is 19.4 Å². The van der Waals surface area contributed by atoms with Crippen molar-refractivity contribution in [3.63, 3.8) is 0 Å². The summed E-state index contributed by atoms with van der Waals surface area (Å²) in [6.07, 6.45) is 3.36. The fourth-order valence-corrected chi connectivity index (χ4v) is 1.29. The van der Waals surface area contributed by atoms with Crippen LogP contribution in [0.25, 0.3) is 0 Å². The molecule has 0 spiro atoms. The first-order valence-electron chi connectivity index (χ1n) is 4.73. The molecule has 0 saturated heterocycles. The highest BCUT2D eigenvalue weighted by molar-refractivity contribution is 7.13. The van der Waals surface area contributed by atoms with Crippen LogP contribution in [-0.2, 0) is 0 Å². The van der Waals surface area contributed by atoms with Gasteiger partial charge in [-0.05, 0) is 12.8 Å². The van der Waals surface area contributed by atoms with Gasteiger partial charge in [-0.15, -0.1) is 11.3 Å². The molecule has 1 heterocycles. The Kier molecular flexibility index (Phi) is 4.30. The van der Waals surface area contributed by atoms with Gasteiger partial charge in [-0.25, -0.2) is 9.78 Å². The number of amides is 2. The van der Waals surface area contributed by atoms with Gasteiger partial charge in [-0.2, -0.15) is 0 Å². The van der Waals surface area contributed by atoms with Crippen molar-refractivity contribution in [2.24, 2.45) is 5.92 Å². The smallest absolute Gasteiger partial charge is 0.314 e. The molecule has 1 aromatic heterocycles. The normalized spacial score (nSPS) is 11.6. The van der Waals surface area contributed by atoms with Crippen molar-refractivity contribution in [3.8, 4) is 0 Å². The van der Waals surface area contributed by atoms with Crippen LogP contribution >= 0.6 is 11.3 Å². The van der Waals surface area contributed by atoms with Crippen molar-refractivity contribution in [2.45, 2.75) is 20.8 Å². The first kappa shape index (κ1) is 11.7. The topological polar surface area (TPSA) is 54.0 Å². The Morgan fingerprint density at radius 2 is 2.33 bits per heavy atom. The number of hydrogen-bond acceptors (Lipinski definition) is 3. The van der Waals surface area contributed by atoms with Crippen LogP contribution in [0.5, 0.6) is 0 Å². The number of nitrogens with zero attached hydrogens (tertiary/aromatic N) is 1. The van der Waals surface area contributed by atoms with Crippen LogP contribution in [0, 0.1) is 5.92 Å². The SMILES string of the molecule is C/C(=C\NC(=O)Nc1nccs1)C(C)C. The van der Waals surface area contributed by atoms with E-state index in [-0.39, 0.29) is 6.03 Å². The molecule has 0 aliphatic heterocycles. The zero-order valence-corrected chi connectivity index (χ0v) is 9.89. The maximum Gasteiger partial charge on any atom is 0.325 e. The lowest BCUT2D eigenvalue weighted by Crippen LogP contribution is -2.24. The Morgan fingerprint density at radius 1 is 1.60 bits per heavy atom. The number of nitrogens with one attached hydrogen (secondary N) is 2. The van der Waals surface area contributed by atoms with Crippen molar-refractivity contribution in [2.75, 3.05) is 5.32 Å². The highest BCUT2D eigenvalue weighted by atomic mass is 32.1. The van der Waals surface area contributed by atoms with Gasteiger partial charge >= 0.3 is 6.03 Å². The van der Waals surface area contributed by atoms with Gasteiger partial charge in [-0.3, -0.25) is 5.32 Å². The number of aromatic nitrogens is 1. The van der Waals surface area contributed by atoms with E-state index in [1.165, 1.54) is 11.3 Å². The van der Waals surface area contributed by atoms with Crippen molar-refractivity contribution in [1.82, 2.24) is 10.3 Å². The molecule has 0 bridgehead atoms.